The summed E-state index contributed by atoms with van der Waals surface area (Å²) in [6.07, 6.45) is 2.31. The topological polar surface area (TPSA) is 20.3 Å². The third kappa shape index (κ3) is 3.77. The number of likely N-dealkylation sites (tertiary alicyclic amines) is 1. The Labute approximate surface area is 114 Å². The molecule has 0 aliphatic carbocycles. The molecule has 0 unspecified atom stereocenters. The summed E-state index contributed by atoms with van der Waals surface area (Å²) in [7, 11) is 0. The fraction of sp³-hybridized carbons (Fsp3) is 0.533. The monoisotopic (exact) mass is 263 g/mol. The van der Waals surface area contributed by atoms with Crippen molar-refractivity contribution in [3.8, 4) is 0 Å². The van der Waals surface area contributed by atoms with Crippen molar-refractivity contribution in [1.82, 2.24) is 4.90 Å². The summed E-state index contributed by atoms with van der Waals surface area (Å²) >= 11 is 1.64. The molecule has 0 saturated carbocycles. The lowest BCUT2D eigenvalue weighted by Crippen LogP contribution is -2.38. The van der Waals surface area contributed by atoms with Crippen LogP contribution in [-0.2, 0) is 4.79 Å². The average molecular weight is 263 g/mol. The maximum atomic E-state index is 12.1. The van der Waals surface area contributed by atoms with Gasteiger partial charge in [-0.3, -0.25) is 4.79 Å². The van der Waals surface area contributed by atoms with Gasteiger partial charge in [0, 0.05) is 18.0 Å². The Kier molecular flexibility index (Phi) is 4.70. The molecule has 0 spiro atoms. The van der Waals surface area contributed by atoms with E-state index in [4.69, 9.17) is 0 Å². The first-order valence-electron chi connectivity index (χ1n) is 6.62. The summed E-state index contributed by atoms with van der Waals surface area (Å²) in [5.74, 6) is 1.63. The van der Waals surface area contributed by atoms with Crippen molar-refractivity contribution in [2.45, 2.75) is 31.6 Å². The third-order valence-corrected chi connectivity index (χ3v) is 4.52. The van der Waals surface area contributed by atoms with Gasteiger partial charge in [0.05, 0.1) is 5.75 Å². The molecule has 1 aromatic carbocycles. The Bertz CT molecular complexity index is 393. The molecule has 3 heteroatoms. The molecule has 0 aromatic heterocycles. The van der Waals surface area contributed by atoms with E-state index in [1.807, 2.05) is 4.90 Å². The summed E-state index contributed by atoms with van der Waals surface area (Å²) in [4.78, 5) is 15.2. The van der Waals surface area contributed by atoms with Crippen molar-refractivity contribution < 1.29 is 4.79 Å². The number of carbonyl (C=O) groups is 1. The molecule has 1 aliphatic rings. The van der Waals surface area contributed by atoms with Gasteiger partial charge in [0.25, 0.3) is 0 Å². The van der Waals surface area contributed by atoms with E-state index in [0.29, 0.717) is 5.75 Å². The Morgan fingerprint density at radius 3 is 2.50 bits per heavy atom. The second kappa shape index (κ2) is 6.28. The number of benzene rings is 1. The predicted molar refractivity (Wildman–Crippen MR) is 76.9 cm³/mol. The lowest BCUT2D eigenvalue weighted by Gasteiger charge is -2.30. The summed E-state index contributed by atoms with van der Waals surface area (Å²) in [5.41, 5.74) is 1.26. The van der Waals surface area contributed by atoms with Crippen LogP contribution in [0.1, 0.15) is 25.3 Å². The van der Waals surface area contributed by atoms with Crippen LogP contribution in [0.2, 0.25) is 0 Å². The fourth-order valence-electron chi connectivity index (χ4n) is 2.13. The molecule has 1 aliphatic heterocycles. The number of thioether (sulfide) groups is 1. The normalized spacial score (nSPS) is 16.9. The van der Waals surface area contributed by atoms with Crippen molar-refractivity contribution in [2.75, 3.05) is 18.8 Å². The van der Waals surface area contributed by atoms with Crippen LogP contribution in [0.4, 0.5) is 0 Å². The van der Waals surface area contributed by atoms with E-state index in [9.17, 15) is 4.79 Å². The molecule has 98 valence electrons. The van der Waals surface area contributed by atoms with Crippen LogP contribution in [0.25, 0.3) is 0 Å². The molecule has 1 amide bonds. The Balaban J connectivity index is 1.79. The average Bonchev–Trinajstić information content (AvgIpc) is 2.38. The van der Waals surface area contributed by atoms with Crippen molar-refractivity contribution in [1.29, 1.82) is 0 Å². The SMILES string of the molecule is Cc1ccc(SCC(=O)N2CCC(C)CC2)cc1. The number of nitrogens with zero attached hydrogens (tertiary/aromatic N) is 1. The highest BCUT2D eigenvalue weighted by molar-refractivity contribution is 8.00. The number of hydrogen-bond donors (Lipinski definition) is 0. The van der Waals surface area contributed by atoms with Crippen molar-refractivity contribution >= 4 is 17.7 Å². The standard InChI is InChI=1S/C15H21NOS/c1-12-3-5-14(6-4-12)18-11-15(17)16-9-7-13(2)8-10-16/h3-6,13H,7-11H2,1-2H3. The second-order valence-corrected chi connectivity index (χ2v) is 6.21. The van der Waals surface area contributed by atoms with Crippen LogP contribution in [0.5, 0.6) is 0 Å². The zero-order valence-electron chi connectivity index (χ0n) is 11.2. The number of hydrogen-bond acceptors (Lipinski definition) is 2. The largest absolute Gasteiger partial charge is 0.342 e. The van der Waals surface area contributed by atoms with E-state index in [0.717, 1.165) is 31.8 Å². The molecule has 18 heavy (non-hydrogen) atoms. The van der Waals surface area contributed by atoms with Gasteiger partial charge in [-0.25, -0.2) is 0 Å². The first kappa shape index (κ1) is 13.5. The number of amides is 1. The maximum Gasteiger partial charge on any atom is 0.232 e. The van der Waals surface area contributed by atoms with Crippen molar-refractivity contribution in [3.63, 3.8) is 0 Å². The van der Waals surface area contributed by atoms with Gasteiger partial charge >= 0.3 is 0 Å². The molecule has 0 N–H and O–H groups in total. The van der Waals surface area contributed by atoms with E-state index < -0.39 is 0 Å². The zero-order valence-corrected chi connectivity index (χ0v) is 12.0. The Hall–Kier alpha value is -0.960. The highest BCUT2D eigenvalue weighted by Gasteiger charge is 2.19. The minimum absolute atomic E-state index is 0.285. The maximum absolute atomic E-state index is 12.1. The number of piperidine rings is 1. The van der Waals surface area contributed by atoms with Crippen LogP contribution < -0.4 is 0 Å². The van der Waals surface area contributed by atoms with Crippen LogP contribution in [0.3, 0.4) is 0 Å². The lowest BCUT2D eigenvalue weighted by atomic mass is 9.99. The van der Waals surface area contributed by atoms with Gasteiger partial charge in [-0.1, -0.05) is 24.6 Å². The fourth-order valence-corrected chi connectivity index (χ4v) is 2.93. The van der Waals surface area contributed by atoms with E-state index in [-0.39, 0.29) is 5.91 Å². The molecule has 0 bridgehead atoms. The second-order valence-electron chi connectivity index (χ2n) is 5.17. The Morgan fingerprint density at radius 1 is 1.28 bits per heavy atom. The highest BCUT2D eigenvalue weighted by Crippen LogP contribution is 2.21. The smallest absolute Gasteiger partial charge is 0.232 e. The molecule has 2 nitrogen and oxygen atoms in total. The molecule has 1 fully saturated rings. The van der Waals surface area contributed by atoms with Crippen molar-refractivity contribution in [2.24, 2.45) is 5.92 Å². The van der Waals surface area contributed by atoms with Crippen LogP contribution in [0.15, 0.2) is 29.2 Å². The molecule has 0 radical (unpaired) electrons. The minimum Gasteiger partial charge on any atom is -0.342 e. The molecule has 0 atom stereocenters. The van der Waals surface area contributed by atoms with Gasteiger partial charge in [-0.15, -0.1) is 11.8 Å². The quantitative estimate of drug-likeness (QED) is 0.780. The molecule has 2 rings (SSSR count). The van der Waals surface area contributed by atoms with Gasteiger partial charge in [-0.2, -0.15) is 0 Å². The van der Waals surface area contributed by atoms with Gasteiger partial charge in [0.2, 0.25) is 5.91 Å². The van der Waals surface area contributed by atoms with E-state index in [1.165, 1.54) is 10.5 Å². The van der Waals surface area contributed by atoms with Crippen molar-refractivity contribution in [3.05, 3.63) is 29.8 Å². The van der Waals surface area contributed by atoms with E-state index in [2.05, 4.69) is 38.1 Å². The molecule has 1 heterocycles. The van der Waals surface area contributed by atoms with Gasteiger partial charge in [-0.05, 0) is 37.8 Å². The molecular weight excluding hydrogens is 242 g/mol. The first-order valence-corrected chi connectivity index (χ1v) is 7.61. The van der Waals surface area contributed by atoms with Crippen LogP contribution >= 0.6 is 11.8 Å². The van der Waals surface area contributed by atoms with Crippen LogP contribution in [0, 0.1) is 12.8 Å². The third-order valence-electron chi connectivity index (χ3n) is 3.52. The summed E-state index contributed by atoms with van der Waals surface area (Å²) in [5, 5.41) is 0. The van der Waals surface area contributed by atoms with E-state index in [1.54, 1.807) is 11.8 Å². The lowest BCUT2D eigenvalue weighted by molar-refractivity contribution is -0.129. The number of aryl methyl sites for hydroxylation is 1. The zero-order chi connectivity index (χ0) is 13.0. The van der Waals surface area contributed by atoms with Crippen LogP contribution in [-0.4, -0.2) is 29.6 Å². The van der Waals surface area contributed by atoms with Gasteiger partial charge < -0.3 is 4.90 Å². The predicted octanol–water partition coefficient (Wildman–Crippen LogP) is 3.35. The molecule has 1 aromatic rings. The minimum atomic E-state index is 0.285. The molecular formula is C15H21NOS. The number of rotatable bonds is 3. The van der Waals surface area contributed by atoms with E-state index >= 15 is 0 Å². The Morgan fingerprint density at radius 2 is 1.89 bits per heavy atom. The summed E-state index contributed by atoms with van der Waals surface area (Å²) in [6, 6.07) is 8.36. The number of carbonyl (C=O) groups excluding carboxylic acids is 1. The molecule has 1 saturated heterocycles. The van der Waals surface area contributed by atoms with Gasteiger partial charge in [0.15, 0.2) is 0 Å². The highest BCUT2D eigenvalue weighted by atomic mass is 32.2. The summed E-state index contributed by atoms with van der Waals surface area (Å²) in [6.45, 7) is 6.22. The first-order chi connectivity index (χ1) is 8.65. The van der Waals surface area contributed by atoms with Gasteiger partial charge in [0.1, 0.15) is 0 Å². The summed E-state index contributed by atoms with van der Waals surface area (Å²) < 4.78 is 0.